The zero-order chi connectivity index (χ0) is 28.6. The topological polar surface area (TPSA) is 96.0 Å². The lowest BCUT2D eigenvalue weighted by molar-refractivity contribution is -0.140. The van der Waals surface area contributed by atoms with Crippen molar-refractivity contribution in [1.29, 1.82) is 0 Å². The predicted molar refractivity (Wildman–Crippen MR) is 153 cm³/mol. The highest BCUT2D eigenvalue weighted by molar-refractivity contribution is 7.92. The van der Waals surface area contributed by atoms with E-state index in [9.17, 15) is 18.0 Å². The molecule has 0 heterocycles. The molecule has 0 fully saturated rings. The van der Waals surface area contributed by atoms with E-state index in [-0.39, 0.29) is 17.3 Å². The van der Waals surface area contributed by atoms with Crippen molar-refractivity contribution in [2.24, 2.45) is 0 Å². The van der Waals surface area contributed by atoms with Gasteiger partial charge in [0.15, 0.2) is 0 Å². The third-order valence-electron chi connectivity index (χ3n) is 6.28. The highest BCUT2D eigenvalue weighted by atomic mass is 35.5. The minimum atomic E-state index is -4.16. The van der Waals surface area contributed by atoms with E-state index in [4.69, 9.17) is 16.3 Å². The first kappa shape index (κ1) is 30.0. The summed E-state index contributed by atoms with van der Waals surface area (Å²) in [5.74, 6) is -0.350. The number of sulfonamides is 1. The molecule has 0 aliphatic carbocycles. The van der Waals surface area contributed by atoms with Crippen LogP contribution in [0.25, 0.3) is 0 Å². The molecule has 0 bridgehead atoms. The Bertz CT molecular complexity index is 1380. The van der Waals surface area contributed by atoms with Gasteiger partial charge >= 0.3 is 0 Å². The third kappa shape index (κ3) is 7.30. The Labute approximate surface area is 235 Å². The number of halogens is 1. The number of hydrogen-bond donors (Lipinski definition) is 1. The van der Waals surface area contributed by atoms with Crippen LogP contribution < -0.4 is 14.4 Å². The maximum Gasteiger partial charge on any atom is 0.264 e. The van der Waals surface area contributed by atoms with Crippen molar-refractivity contribution < 1.29 is 22.7 Å². The molecule has 8 nitrogen and oxygen atoms in total. The summed E-state index contributed by atoms with van der Waals surface area (Å²) in [6, 6.07) is 19.1. The molecule has 0 aliphatic rings. The fourth-order valence-electron chi connectivity index (χ4n) is 4.14. The number of amides is 2. The quantitative estimate of drug-likeness (QED) is 0.337. The number of methoxy groups -OCH3 is 1. The fourth-order valence-corrected chi connectivity index (χ4v) is 5.75. The van der Waals surface area contributed by atoms with Gasteiger partial charge in [-0.25, -0.2) is 8.42 Å². The summed E-state index contributed by atoms with van der Waals surface area (Å²) in [4.78, 5) is 28.4. The van der Waals surface area contributed by atoms with Crippen molar-refractivity contribution in [3.8, 4) is 5.75 Å². The molecule has 3 aromatic carbocycles. The van der Waals surface area contributed by atoms with Crippen LogP contribution in [0, 0.1) is 6.92 Å². The average molecular weight is 572 g/mol. The van der Waals surface area contributed by atoms with Gasteiger partial charge in [-0.1, -0.05) is 54.4 Å². The van der Waals surface area contributed by atoms with E-state index in [0.29, 0.717) is 35.0 Å². The van der Waals surface area contributed by atoms with Crippen molar-refractivity contribution in [3.63, 3.8) is 0 Å². The lowest BCUT2D eigenvalue weighted by Crippen LogP contribution is -2.52. The number of carbonyl (C=O) groups is 2. The van der Waals surface area contributed by atoms with Gasteiger partial charge in [0.25, 0.3) is 10.0 Å². The maximum absolute atomic E-state index is 14.0. The summed E-state index contributed by atoms with van der Waals surface area (Å²) < 4.78 is 34.0. The number of likely N-dealkylation sites (N-methyl/N-ethyl adjacent to an activating group) is 1. The SMILES string of the molecule is CCNC(=O)C(CC)N(Cc1ccccc1Cl)C(=O)CN(c1ccc(C)cc1)S(=O)(=O)c1ccc(OC)cc1. The maximum atomic E-state index is 14.0. The van der Waals surface area contributed by atoms with Crippen molar-refractivity contribution in [1.82, 2.24) is 10.2 Å². The van der Waals surface area contributed by atoms with Crippen LogP contribution in [0.4, 0.5) is 5.69 Å². The molecule has 2 amide bonds. The molecule has 3 aromatic rings. The third-order valence-corrected chi connectivity index (χ3v) is 8.44. The Balaban J connectivity index is 2.06. The van der Waals surface area contributed by atoms with Gasteiger partial charge in [-0.15, -0.1) is 0 Å². The summed E-state index contributed by atoms with van der Waals surface area (Å²) in [5, 5.41) is 3.23. The molecule has 0 spiro atoms. The molecule has 1 atom stereocenters. The lowest BCUT2D eigenvalue weighted by Gasteiger charge is -2.33. The molecular formula is C29H34ClN3O5S. The van der Waals surface area contributed by atoms with E-state index >= 15 is 0 Å². The largest absolute Gasteiger partial charge is 0.497 e. The van der Waals surface area contributed by atoms with Gasteiger partial charge in [0.2, 0.25) is 11.8 Å². The fraction of sp³-hybridized carbons (Fsp3) is 0.310. The average Bonchev–Trinajstić information content (AvgIpc) is 2.93. The minimum Gasteiger partial charge on any atom is -0.497 e. The normalized spacial score (nSPS) is 11.9. The second kappa shape index (κ2) is 13.5. The minimum absolute atomic E-state index is 0.00472. The Hall–Kier alpha value is -3.56. The van der Waals surface area contributed by atoms with Gasteiger partial charge in [0.05, 0.1) is 17.7 Å². The summed E-state index contributed by atoms with van der Waals surface area (Å²) in [6.45, 7) is 5.41. The van der Waals surface area contributed by atoms with Crippen LogP contribution in [-0.4, -0.2) is 51.4 Å². The van der Waals surface area contributed by atoms with E-state index < -0.39 is 28.5 Å². The van der Waals surface area contributed by atoms with E-state index in [0.717, 1.165) is 9.87 Å². The number of anilines is 1. The van der Waals surface area contributed by atoms with Crippen LogP contribution in [-0.2, 0) is 26.2 Å². The first-order valence-corrected chi connectivity index (χ1v) is 14.5. The van der Waals surface area contributed by atoms with Crippen molar-refractivity contribution in [2.75, 3.05) is 24.5 Å². The smallest absolute Gasteiger partial charge is 0.264 e. The number of rotatable bonds is 12. The predicted octanol–water partition coefficient (Wildman–Crippen LogP) is 4.80. The Morgan fingerprint density at radius 1 is 0.974 bits per heavy atom. The molecular weight excluding hydrogens is 538 g/mol. The number of carbonyl (C=O) groups excluding carboxylic acids is 2. The van der Waals surface area contributed by atoms with E-state index in [1.807, 2.05) is 6.92 Å². The lowest BCUT2D eigenvalue weighted by atomic mass is 10.1. The van der Waals surface area contributed by atoms with Gasteiger partial charge in [-0.2, -0.15) is 0 Å². The molecule has 0 saturated carbocycles. The number of benzene rings is 3. The summed E-state index contributed by atoms with van der Waals surface area (Å²) >= 11 is 6.40. The Morgan fingerprint density at radius 2 is 1.62 bits per heavy atom. The number of aryl methyl sites for hydroxylation is 1. The summed E-state index contributed by atoms with van der Waals surface area (Å²) in [6.07, 6.45) is 0.331. The zero-order valence-electron chi connectivity index (χ0n) is 22.6. The number of hydrogen-bond acceptors (Lipinski definition) is 5. The van der Waals surface area contributed by atoms with Crippen LogP contribution in [0.2, 0.25) is 5.02 Å². The van der Waals surface area contributed by atoms with Gasteiger partial charge in [0, 0.05) is 18.1 Å². The molecule has 39 heavy (non-hydrogen) atoms. The molecule has 1 unspecified atom stereocenters. The van der Waals surface area contributed by atoms with Crippen LogP contribution in [0.3, 0.4) is 0 Å². The van der Waals surface area contributed by atoms with Crippen LogP contribution in [0.1, 0.15) is 31.4 Å². The van der Waals surface area contributed by atoms with Gasteiger partial charge in [-0.05, 0) is 68.3 Å². The molecule has 208 valence electrons. The Morgan fingerprint density at radius 3 is 2.18 bits per heavy atom. The molecule has 0 radical (unpaired) electrons. The summed E-state index contributed by atoms with van der Waals surface area (Å²) in [7, 11) is -2.67. The molecule has 0 aliphatic heterocycles. The van der Waals surface area contributed by atoms with Crippen LogP contribution in [0.5, 0.6) is 5.75 Å². The second-order valence-electron chi connectivity index (χ2n) is 8.95. The molecule has 0 aromatic heterocycles. The first-order valence-electron chi connectivity index (χ1n) is 12.7. The molecule has 3 rings (SSSR count). The molecule has 10 heteroatoms. The number of ether oxygens (including phenoxy) is 1. The van der Waals surface area contributed by atoms with Gasteiger partial charge in [-0.3, -0.25) is 13.9 Å². The Kier molecular flexibility index (Phi) is 10.4. The van der Waals surface area contributed by atoms with Crippen molar-refractivity contribution in [2.45, 2.75) is 44.7 Å². The highest BCUT2D eigenvalue weighted by Crippen LogP contribution is 2.27. The first-order chi connectivity index (χ1) is 18.6. The molecule has 0 saturated heterocycles. The highest BCUT2D eigenvalue weighted by Gasteiger charge is 2.33. The van der Waals surface area contributed by atoms with E-state index in [1.54, 1.807) is 74.5 Å². The zero-order valence-corrected chi connectivity index (χ0v) is 24.1. The summed E-state index contributed by atoms with van der Waals surface area (Å²) in [5.41, 5.74) is 1.91. The van der Waals surface area contributed by atoms with Gasteiger partial charge in [0.1, 0.15) is 18.3 Å². The molecule has 1 N–H and O–H groups in total. The van der Waals surface area contributed by atoms with E-state index in [2.05, 4.69) is 5.32 Å². The van der Waals surface area contributed by atoms with Gasteiger partial charge < -0.3 is 15.0 Å². The number of nitrogens with one attached hydrogen (secondary N) is 1. The van der Waals surface area contributed by atoms with Crippen LogP contribution >= 0.6 is 11.6 Å². The van der Waals surface area contributed by atoms with E-state index in [1.165, 1.54) is 24.1 Å². The monoisotopic (exact) mass is 571 g/mol. The second-order valence-corrected chi connectivity index (χ2v) is 11.2. The number of nitrogens with zero attached hydrogens (tertiary/aromatic N) is 2. The standard InChI is InChI=1S/C29H34ClN3O5S/c1-5-27(29(35)31-6-2)32(19-22-9-7-8-10-26(22)30)28(34)20-33(23-13-11-21(3)12-14-23)39(36,37)25-17-15-24(38-4)16-18-25/h7-18,27H,5-6,19-20H2,1-4H3,(H,31,35). The van der Waals surface area contributed by atoms with Crippen LogP contribution in [0.15, 0.2) is 77.7 Å². The van der Waals surface area contributed by atoms with Crippen molar-refractivity contribution in [3.05, 3.63) is 88.9 Å². The van der Waals surface area contributed by atoms with Crippen molar-refractivity contribution >= 4 is 39.1 Å².